The van der Waals surface area contributed by atoms with Crippen molar-refractivity contribution in [2.45, 2.75) is 32.7 Å². The summed E-state index contributed by atoms with van der Waals surface area (Å²) >= 11 is 0. The second kappa shape index (κ2) is 7.54. The van der Waals surface area contributed by atoms with Gasteiger partial charge in [-0.2, -0.15) is 0 Å². The van der Waals surface area contributed by atoms with Gasteiger partial charge in [0, 0.05) is 46.9 Å². The van der Waals surface area contributed by atoms with Crippen LogP contribution in [0.1, 0.15) is 47.9 Å². The highest BCUT2D eigenvalue weighted by Gasteiger charge is 2.35. The normalized spacial score (nSPS) is 17.2. The zero-order valence-corrected chi connectivity index (χ0v) is 17.5. The Bertz CT molecular complexity index is 1260. The minimum Gasteiger partial charge on any atom is -0.345 e. The minimum atomic E-state index is -0.152. The van der Waals surface area contributed by atoms with E-state index in [-0.39, 0.29) is 17.4 Å². The lowest BCUT2D eigenvalue weighted by Crippen LogP contribution is -2.37. The van der Waals surface area contributed by atoms with Crippen molar-refractivity contribution in [2.75, 3.05) is 0 Å². The number of pyridine rings is 2. The molecule has 1 N–H and O–H groups in total. The van der Waals surface area contributed by atoms with Crippen molar-refractivity contribution in [1.82, 2.24) is 25.3 Å². The molecule has 0 saturated carbocycles. The summed E-state index contributed by atoms with van der Waals surface area (Å²) in [6, 6.07) is 13.1. The van der Waals surface area contributed by atoms with Crippen LogP contribution in [-0.4, -0.2) is 25.8 Å². The molecule has 1 atom stereocenters. The number of amides is 1. The molecule has 0 spiro atoms. The number of aromatic nitrogens is 4. The Kier molecular flexibility index (Phi) is 4.70. The van der Waals surface area contributed by atoms with Crippen molar-refractivity contribution in [3.8, 4) is 11.4 Å². The van der Waals surface area contributed by atoms with E-state index in [0.29, 0.717) is 11.4 Å². The van der Waals surface area contributed by atoms with Gasteiger partial charge in [0.15, 0.2) is 5.82 Å². The van der Waals surface area contributed by atoms with Crippen LogP contribution in [0.3, 0.4) is 0 Å². The first-order chi connectivity index (χ1) is 15.0. The molecule has 0 aliphatic heterocycles. The molecule has 0 saturated heterocycles. The molecule has 1 aliphatic carbocycles. The predicted molar refractivity (Wildman–Crippen MR) is 119 cm³/mol. The summed E-state index contributed by atoms with van der Waals surface area (Å²) in [7, 11) is 0. The highest BCUT2D eigenvalue weighted by atomic mass is 16.1. The van der Waals surface area contributed by atoms with E-state index in [9.17, 15) is 4.79 Å². The van der Waals surface area contributed by atoms with E-state index >= 15 is 0 Å². The Morgan fingerprint density at radius 1 is 1.03 bits per heavy atom. The second-order valence-electron chi connectivity index (χ2n) is 8.78. The van der Waals surface area contributed by atoms with E-state index in [1.54, 1.807) is 18.6 Å². The lowest BCUT2D eigenvalue weighted by atomic mass is 9.74. The summed E-state index contributed by atoms with van der Waals surface area (Å²) in [5, 5.41) is 4.09. The van der Waals surface area contributed by atoms with Crippen LogP contribution >= 0.6 is 0 Å². The molecule has 154 valence electrons. The van der Waals surface area contributed by atoms with Gasteiger partial charge >= 0.3 is 0 Å². The van der Waals surface area contributed by atoms with Gasteiger partial charge in [0.05, 0.1) is 17.3 Å². The quantitative estimate of drug-likeness (QED) is 0.538. The van der Waals surface area contributed by atoms with Crippen molar-refractivity contribution in [3.05, 3.63) is 84.1 Å². The molecule has 1 aromatic carbocycles. The molecule has 0 radical (unpaired) electrons. The molecule has 6 heteroatoms. The number of nitrogens with one attached hydrogen (secondary N) is 1. The summed E-state index contributed by atoms with van der Waals surface area (Å²) in [4.78, 5) is 31.2. The number of hydrogen-bond acceptors (Lipinski definition) is 5. The van der Waals surface area contributed by atoms with E-state index in [2.05, 4.69) is 34.1 Å². The molecular weight excluding hydrogens is 386 g/mol. The second-order valence-corrected chi connectivity index (χ2v) is 8.78. The third-order valence-electron chi connectivity index (χ3n) is 5.79. The summed E-state index contributed by atoms with van der Waals surface area (Å²) in [6.45, 7) is 4.42. The van der Waals surface area contributed by atoms with Crippen LogP contribution in [0.5, 0.6) is 0 Å². The highest BCUT2D eigenvalue weighted by molar-refractivity contribution is 6.06. The van der Waals surface area contributed by atoms with Crippen LogP contribution in [0.4, 0.5) is 0 Å². The van der Waals surface area contributed by atoms with Gasteiger partial charge in [-0.3, -0.25) is 14.8 Å². The van der Waals surface area contributed by atoms with Gasteiger partial charge in [-0.15, -0.1) is 0 Å². The minimum absolute atomic E-state index is 0.00577. The average molecular weight is 409 g/mol. The zero-order chi connectivity index (χ0) is 21.4. The maximum Gasteiger partial charge on any atom is 0.252 e. The van der Waals surface area contributed by atoms with Crippen molar-refractivity contribution in [2.24, 2.45) is 5.41 Å². The lowest BCUT2D eigenvalue weighted by molar-refractivity contribution is 0.0920. The molecule has 1 aliphatic rings. The van der Waals surface area contributed by atoms with Crippen LogP contribution in [0, 0.1) is 5.41 Å². The summed E-state index contributed by atoms with van der Waals surface area (Å²) in [5.41, 5.74) is 4.30. The number of carbonyl (C=O) groups excluding carboxylic acids is 1. The van der Waals surface area contributed by atoms with Gasteiger partial charge in [-0.1, -0.05) is 26.0 Å². The fourth-order valence-electron chi connectivity index (χ4n) is 4.35. The third-order valence-corrected chi connectivity index (χ3v) is 5.79. The number of benzene rings is 1. The van der Waals surface area contributed by atoms with E-state index in [1.165, 1.54) is 0 Å². The van der Waals surface area contributed by atoms with Crippen molar-refractivity contribution in [1.29, 1.82) is 0 Å². The molecular formula is C25H23N5O. The number of fused-ring (bicyclic) bond motifs is 2. The standard InChI is InChI=1S/C25H23N5O/c1-25(2)12-21-19(15-28-23(29-21)16-6-4-10-26-14-16)22(13-25)30-24(31)18-7-3-9-20-17(18)8-5-11-27-20/h3-11,14-15,22H,12-13H2,1-2H3,(H,30,31). The van der Waals surface area contributed by atoms with Crippen molar-refractivity contribution in [3.63, 3.8) is 0 Å². The number of carbonyl (C=O) groups is 1. The number of rotatable bonds is 3. The van der Waals surface area contributed by atoms with Crippen LogP contribution < -0.4 is 5.32 Å². The SMILES string of the molecule is CC1(C)Cc2nc(-c3cccnc3)ncc2C(NC(=O)c2cccc3ncccc23)C1. The van der Waals surface area contributed by atoms with E-state index < -0.39 is 0 Å². The average Bonchev–Trinajstić information content (AvgIpc) is 2.78. The van der Waals surface area contributed by atoms with Crippen molar-refractivity contribution < 1.29 is 4.79 Å². The van der Waals surface area contributed by atoms with E-state index in [4.69, 9.17) is 4.98 Å². The lowest BCUT2D eigenvalue weighted by Gasteiger charge is -2.36. The molecule has 3 heterocycles. The zero-order valence-electron chi connectivity index (χ0n) is 17.5. The van der Waals surface area contributed by atoms with Crippen LogP contribution in [-0.2, 0) is 6.42 Å². The van der Waals surface area contributed by atoms with Gasteiger partial charge in [0.2, 0.25) is 0 Å². The van der Waals surface area contributed by atoms with Gasteiger partial charge < -0.3 is 5.32 Å². The monoisotopic (exact) mass is 409 g/mol. The predicted octanol–water partition coefficient (Wildman–Crippen LogP) is 4.53. The fourth-order valence-corrected chi connectivity index (χ4v) is 4.35. The Labute approximate surface area is 180 Å². The molecule has 4 aromatic rings. The molecule has 31 heavy (non-hydrogen) atoms. The highest BCUT2D eigenvalue weighted by Crippen LogP contribution is 2.40. The maximum atomic E-state index is 13.2. The van der Waals surface area contributed by atoms with E-state index in [0.717, 1.165) is 40.6 Å². The van der Waals surface area contributed by atoms with Crippen LogP contribution in [0.2, 0.25) is 0 Å². The van der Waals surface area contributed by atoms with Gasteiger partial charge in [0.1, 0.15) is 0 Å². The molecule has 1 amide bonds. The molecule has 0 fully saturated rings. The summed E-state index contributed by atoms with van der Waals surface area (Å²) < 4.78 is 0. The fraction of sp³-hybridized carbons (Fsp3) is 0.240. The molecule has 6 nitrogen and oxygen atoms in total. The Balaban J connectivity index is 1.49. The largest absolute Gasteiger partial charge is 0.345 e. The van der Waals surface area contributed by atoms with Gasteiger partial charge in [0.25, 0.3) is 5.91 Å². The first-order valence-electron chi connectivity index (χ1n) is 10.4. The number of nitrogens with zero attached hydrogens (tertiary/aromatic N) is 4. The Morgan fingerprint density at radius 3 is 2.74 bits per heavy atom. The van der Waals surface area contributed by atoms with Crippen LogP contribution in [0.15, 0.2) is 67.3 Å². The summed E-state index contributed by atoms with van der Waals surface area (Å²) in [6.07, 6.45) is 8.76. The molecule has 5 rings (SSSR count). The Morgan fingerprint density at radius 2 is 1.90 bits per heavy atom. The van der Waals surface area contributed by atoms with Crippen LogP contribution in [0.25, 0.3) is 22.3 Å². The van der Waals surface area contributed by atoms with Crippen molar-refractivity contribution >= 4 is 16.8 Å². The summed E-state index contributed by atoms with van der Waals surface area (Å²) in [5.74, 6) is 0.554. The molecule has 3 aromatic heterocycles. The Hall–Kier alpha value is -3.67. The third kappa shape index (κ3) is 3.77. The molecule has 0 bridgehead atoms. The van der Waals surface area contributed by atoms with Gasteiger partial charge in [-0.05, 0) is 48.6 Å². The van der Waals surface area contributed by atoms with E-state index in [1.807, 2.05) is 48.7 Å². The maximum absolute atomic E-state index is 13.2. The molecule has 1 unspecified atom stereocenters. The topological polar surface area (TPSA) is 80.7 Å². The smallest absolute Gasteiger partial charge is 0.252 e. The number of hydrogen-bond donors (Lipinski definition) is 1. The van der Waals surface area contributed by atoms with Gasteiger partial charge in [-0.25, -0.2) is 9.97 Å². The first kappa shape index (κ1) is 19.3. The first-order valence-corrected chi connectivity index (χ1v) is 10.4.